The number of benzene rings is 1. The molecule has 0 atom stereocenters. The summed E-state index contributed by atoms with van der Waals surface area (Å²) in [6.45, 7) is 9.48. The minimum Gasteiger partial charge on any atom is -0.410 e. The molecule has 1 N–H and O–H groups in total. The lowest BCUT2D eigenvalue weighted by molar-refractivity contribution is 0.554. The maximum Gasteiger partial charge on any atom is 0.161 e. The Kier molecular flexibility index (Phi) is 3.49. The highest BCUT2D eigenvalue weighted by atomic mass is 28.3. The number of nitrogens with one attached hydrogen (secondary N) is 1. The van der Waals surface area contributed by atoms with E-state index in [1.165, 1.54) is 5.69 Å². The molecule has 0 radical (unpaired) electrons. The second-order valence-corrected chi connectivity index (χ2v) is 10.3. The first-order valence-electron chi connectivity index (χ1n) is 6.68. The van der Waals surface area contributed by atoms with Crippen molar-refractivity contribution in [2.45, 2.75) is 32.0 Å². The number of para-hydroxylation sites is 1. The van der Waals surface area contributed by atoms with Crippen LogP contribution in [-0.4, -0.2) is 8.24 Å². The summed E-state index contributed by atoms with van der Waals surface area (Å²) in [5.74, 6) is 0.616. The van der Waals surface area contributed by atoms with Crippen molar-refractivity contribution in [2.24, 2.45) is 5.92 Å². The van der Waals surface area contributed by atoms with Gasteiger partial charge in [0.1, 0.15) is 0 Å². The highest BCUT2D eigenvalue weighted by Gasteiger charge is 2.46. The van der Waals surface area contributed by atoms with Crippen LogP contribution in [-0.2, 0) is 0 Å². The number of hydrogen-bond acceptors (Lipinski definition) is 1. The molecule has 1 aromatic carbocycles. The topological polar surface area (TPSA) is 12.0 Å². The van der Waals surface area contributed by atoms with E-state index in [-0.39, 0.29) is 5.04 Å². The van der Waals surface area contributed by atoms with Crippen molar-refractivity contribution in [1.29, 1.82) is 0 Å². The molecule has 0 fully saturated rings. The van der Waals surface area contributed by atoms with Gasteiger partial charge in [0.25, 0.3) is 0 Å². The quantitative estimate of drug-likeness (QED) is 0.762. The second kappa shape index (κ2) is 4.77. The fraction of sp³-hybridized carbons (Fsp3) is 0.375. The summed E-state index contributed by atoms with van der Waals surface area (Å²) in [5, 5.41) is 0.211. The molecule has 1 aromatic rings. The van der Waals surface area contributed by atoms with E-state index in [0.29, 0.717) is 5.92 Å². The predicted octanol–water partition coefficient (Wildman–Crippen LogP) is 4.83. The summed E-state index contributed by atoms with van der Waals surface area (Å²) in [5.41, 5.74) is 1.24. The molecule has 0 aliphatic heterocycles. The summed E-state index contributed by atoms with van der Waals surface area (Å²) in [6, 6.07) is 10.6. The van der Waals surface area contributed by atoms with Crippen LogP contribution in [0.4, 0.5) is 5.69 Å². The van der Waals surface area contributed by atoms with Gasteiger partial charge in [0.15, 0.2) is 8.24 Å². The van der Waals surface area contributed by atoms with Gasteiger partial charge in [0.05, 0.1) is 0 Å². The molecule has 0 amide bonds. The Bertz CT molecular complexity index is 445. The Morgan fingerprint density at radius 2 is 1.56 bits per heavy atom. The van der Waals surface area contributed by atoms with Crippen molar-refractivity contribution < 1.29 is 0 Å². The first-order chi connectivity index (χ1) is 8.48. The highest BCUT2D eigenvalue weighted by Crippen LogP contribution is 2.50. The van der Waals surface area contributed by atoms with Gasteiger partial charge in [-0.15, -0.1) is 0 Å². The van der Waals surface area contributed by atoms with E-state index in [1.54, 1.807) is 0 Å². The third kappa shape index (κ3) is 2.17. The van der Waals surface area contributed by atoms with E-state index >= 15 is 0 Å². The van der Waals surface area contributed by atoms with Gasteiger partial charge in [-0.05, 0) is 18.1 Å². The molecule has 0 saturated carbocycles. The van der Waals surface area contributed by atoms with Crippen molar-refractivity contribution in [3.8, 4) is 0 Å². The van der Waals surface area contributed by atoms with E-state index in [1.807, 2.05) is 0 Å². The van der Waals surface area contributed by atoms with Gasteiger partial charge in [-0.2, -0.15) is 0 Å². The molecule has 0 spiro atoms. The van der Waals surface area contributed by atoms with Crippen molar-refractivity contribution >= 4 is 13.9 Å². The van der Waals surface area contributed by atoms with E-state index < -0.39 is 8.24 Å². The van der Waals surface area contributed by atoms with Crippen LogP contribution in [0.25, 0.3) is 0 Å². The summed E-state index contributed by atoms with van der Waals surface area (Å²) in [6.07, 6.45) is 9.17. The monoisotopic (exact) mass is 257 g/mol. The standard InChI is InChI=1S/C16H23NSi/c1-14(2)16(12-8-9-13-16)18(3,4)17-15-10-6-5-7-11-15/h5-14,17H,1-4H3. The Hall–Kier alpha value is -1.28. The Morgan fingerprint density at radius 3 is 2.06 bits per heavy atom. The summed E-state index contributed by atoms with van der Waals surface area (Å²) in [4.78, 5) is 3.82. The summed E-state index contributed by atoms with van der Waals surface area (Å²) >= 11 is 0. The van der Waals surface area contributed by atoms with Gasteiger partial charge in [-0.25, -0.2) is 0 Å². The lowest BCUT2D eigenvalue weighted by Gasteiger charge is -2.44. The van der Waals surface area contributed by atoms with Crippen LogP contribution in [0.2, 0.25) is 18.1 Å². The van der Waals surface area contributed by atoms with Crippen molar-refractivity contribution in [1.82, 2.24) is 0 Å². The zero-order valence-electron chi connectivity index (χ0n) is 11.8. The first kappa shape index (κ1) is 13.2. The fourth-order valence-corrected chi connectivity index (χ4v) is 6.57. The largest absolute Gasteiger partial charge is 0.410 e. The molecular formula is C16H23NSi. The molecule has 1 aliphatic rings. The molecule has 2 rings (SSSR count). The van der Waals surface area contributed by atoms with E-state index in [0.717, 1.165) is 0 Å². The van der Waals surface area contributed by atoms with Crippen LogP contribution < -0.4 is 4.98 Å². The van der Waals surface area contributed by atoms with Crippen molar-refractivity contribution in [2.75, 3.05) is 4.98 Å². The normalized spacial score (nSPS) is 17.4. The molecule has 1 aliphatic carbocycles. The number of allylic oxidation sites excluding steroid dienone is 4. The SMILES string of the molecule is CC(C)C1([Si](C)(C)Nc2ccccc2)C=CC=C1. The van der Waals surface area contributed by atoms with E-state index in [4.69, 9.17) is 0 Å². The molecule has 0 saturated heterocycles. The molecular weight excluding hydrogens is 234 g/mol. The van der Waals surface area contributed by atoms with Crippen LogP contribution in [0.15, 0.2) is 54.6 Å². The lowest BCUT2D eigenvalue weighted by Crippen LogP contribution is -2.50. The Labute approximate surface area is 112 Å². The van der Waals surface area contributed by atoms with Gasteiger partial charge in [0, 0.05) is 10.7 Å². The Balaban J connectivity index is 2.30. The fourth-order valence-electron chi connectivity index (χ4n) is 3.00. The number of rotatable bonds is 4. The van der Waals surface area contributed by atoms with Crippen molar-refractivity contribution in [3.63, 3.8) is 0 Å². The maximum absolute atomic E-state index is 3.82. The third-order valence-corrected chi connectivity index (χ3v) is 8.11. The summed E-state index contributed by atoms with van der Waals surface area (Å²) < 4.78 is 0. The van der Waals surface area contributed by atoms with Gasteiger partial charge in [-0.3, -0.25) is 0 Å². The summed E-state index contributed by atoms with van der Waals surface area (Å²) in [7, 11) is -1.65. The van der Waals surface area contributed by atoms with Crippen LogP contribution in [0, 0.1) is 5.92 Å². The number of anilines is 1. The predicted molar refractivity (Wildman–Crippen MR) is 83.4 cm³/mol. The average Bonchev–Trinajstić information content (AvgIpc) is 2.80. The zero-order valence-corrected chi connectivity index (χ0v) is 12.8. The van der Waals surface area contributed by atoms with Crippen LogP contribution in [0.3, 0.4) is 0 Å². The molecule has 0 aromatic heterocycles. The van der Waals surface area contributed by atoms with Crippen molar-refractivity contribution in [3.05, 3.63) is 54.6 Å². The third-order valence-electron chi connectivity index (χ3n) is 4.12. The van der Waals surface area contributed by atoms with Gasteiger partial charge >= 0.3 is 0 Å². The van der Waals surface area contributed by atoms with E-state index in [2.05, 4.69) is 86.6 Å². The van der Waals surface area contributed by atoms with Crippen LogP contribution >= 0.6 is 0 Å². The molecule has 0 heterocycles. The molecule has 0 bridgehead atoms. The minimum atomic E-state index is -1.65. The van der Waals surface area contributed by atoms with Gasteiger partial charge in [0.2, 0.25) is 0 Å². The zero-order chi connectivity index (χ0) is 13.2. The van der Waals surface area contributed by atoms with Crippen LogP contribution in [0.5, 0.6) is 0 Å². The number of hydrogen-bond donors (Lipinski definition) is 1. The Morgan fingerprint density at radius 1 is 1.00 bits per heavy atom. The maximum atomic E-state index is 3.82. The smallest absolute Gasteiger partial charge is 0.161 e. The molecule has 1 nitrogen and oxygen atoms in total. The average molecular weight is 257 g/mol. The highest BCUT2D eigenvalue weighted by molar-refractivity contribution is 6.84. The van der Waals surface area contributed by atoms with E-state index in [9.17, 15) is 0 Å². The first-order valence-corrected chi connectivity index (χ1v) is 9.68. The van der Waals surface area contributed by atoms with Gasteiger partial charge in [-0.1, -0.05) is 69.4 Å². The lowest BCUT2D eigenvalue weighted by atomic mass is 9.96. The molecule has 96 valence electrons. The van der Waals surface area contributed by atoms with Crippen LogP contribution in [0.1, 0.15) is 13.8 Å². The van der Waals surface area contributed by atoms with Gasteiger partial charge < -0.3 is 4.98 Å². The molecule has 2 heteroatoms. The minimum absolute atomic E-state index is 0.211. The molecule has 18 heavy (non-hydrogen) atoms. The molecule has 0 unspecified atom stereocenters. The second-order valence-electron chi connectivity index (χ2n) is 5.92.